The van der Waals surface area contributed by atoms with Crippen LogP contribution in [-0.2, 0) is 6.54 Å². The van der Waals surface area contributed by atoms with Crippen molar-refractivity contribution in [3.8, 4) is 11.4 Å². The minimum absolute atomic E-state index is 0.371. The lowest BCUT2D eigenvalue weighted by molar-refractivity contribution is 0.399. The smallest absolute Gasteiger partial charge is 0.221 e. The molecule has 0 aliphatic heterocycles. The van der Waals surface area contributed by atoms with Crippen molar-refractivity contribution in [1.82, 2.24) is 24.7 Å². The Morgan fingerprint density at radius 2 is 1.92 bits per heavy atom. The van der Waals surface area contributed by atoms with E-state index in [0.29, 0.717) is 23.6 Å². The van der Waals surface area contributed by atoms with Crippen LogP contribution in [0, 0.1) is 6.92 Å². The number of rotatable bonds is 4. The van der Waals surface area contributed by atoms with Crippen LogP contribution < -0.4 is 0 Å². The zero-order valence-corrected chi connectivity index (χ0v) is 14.2. The van der Waals surface area contributed by atoms with Crippen LogP contribution in [0.4, 0.5) is 0 Å². The summed E-state index contributed by atoms with van der Waals surface area (Å²) >= 11 is 6.27. The molecule has 5 nitrogen and oxygen atoms in total. The van der Waals surface area contributed by atoms with E-state index in [2.05, 4.69) is 15.1 Å². The fourth-order valence-corrected chi connectivity index (χ4v) is 3.05. The molecule has 0 atom stereocenters. The first-order chi connectivity index (χ1) is 11.7. The van der Waals surface area contributed by atoms with Gasteiger partial charge in [0.15, 0.2) is 5.82 Å². The molecule has 24 heavy (non-hydrogen) atoms. The predicted octanol–water partition coefficient (Wildman–Crippen LogP) is 4.01. The first-order valence-electron chi connectivity index (χ1n) is 8.19. The van der Waals surface area contributed by atoms with E-state index in [1.165, 1.54) is 19.3 Å². The Labute approximate surface area is 145 Å². The topological polar surface area (TPSA) is 56.5 Å². The van der Waals surface area contributed by atoms with Gasteiger partial charge in [-0.1, -0.05) is 36.8 Å². The van der Waals surface area contributed by atoms with Crippen LogP contribution in [0.15, 0.2) is 36.4 Å². The molecule has 1 saturated carbocycles. The highest BCUT2D eigenvalue weighted by Crippen LogP contribution is 2.34. The summed E-state index contributed by atoms with van der Waals surface area (Å²) in [6, 6.07) is 11.8. The second-order valence-corrected chi connectivity index (χ2v) is 6.55. The molecule has 6 heteroatoms. The standard InChI is InChI=1S/C18H18ClN5/c1-12-10-15(21-16(20-12)13-8-5-9-13)11-24-18(19)22-17(23-24)14-6-3-2-4-7-14/h2-4,6-7,10,13H,5,8-9,11H2,1H3. The van der Waals surface area contributed by atoms with E-state index >= 15 is 0 Å². The second-order valence-electron chi connectivity index (χ2n) is 6.21. The van der Waals surface area contributed by atoms with Crippen molar-refractivity contribution in [1.29, 1.82) is 0 Å². The molecule has 0 radical (unpaired) electrons. The summed E-state index contributed by atoms with van der Waals surface area (Å²) in [5, 5.41) is 4.90. The zero-order chi connectivity index (χ0) is 16.5. The van der Waals surface area contributed by atoms with Gasteiger partial charge in [0, 0.05) is 17.2 Å². The zero-order valence-electron chi connectivity index (χ0n) is 13.5. The summed E-state index contributed by atoms with van der Waals surface area (Å²) in [6.07, 6.45) is 3.64. The minimum Gasteiger partial charge on any atom is -0.238 e. The fraction of sp³-hybridized carbons (Fsp3) is 0.333. The molecule has 1 fully saturated rings. The van der Waals surface area contributed by atoms with Crippen LogP contribution >= 0.6 is 11.6 Å². The molecule has 0 unspecified atom stereocenters. The van der Waals surface area contributed by atoms with Gasteiger partial charge in [0.2, 0.25) is 5.28 Å². The predicted molar refractivity (Wildman–Crippen MR) is 92.9 cm³/mol. The molecule has 0 amide bonds. The largest absolute Gasteiger partial charge is 0.238 e. The first-order valence-corrected chi connectivity index (χ1v) is 8.57. The fourth-order valence-electron chi connectivity index (χ4n) is 2.88. The van der Waals surface area contributed by atoms with Gasteiger partial charge in [-0.2, -0.15) is 4.98 Å². The third-order valence-electron chi connectivity index (χ3n) is 4.37. The number of benzene rings is 1. The van der Waals surface area contributed by atoms with Crippen molar-refractivity contribution >= 4 is 11.6 Å². The summed E-state index contributed by atoms with van der Waals surface area (Å²) in [7, 11) is 0. The van der Waals surface area contributed by atoms with Gasteiger partial charge in [-0.25, -0.2) is 14.6 Å². The molecule has 0 spiro atoms. The normalized spacial score (nSPS) is 14.6. The average Bonchev–Trinajstić information content (AvgIpc) is 2.87. The highest BCUT2D eigenvalue weighted by molar-refractivity contribution is 6.28. The maximum atomic E-state index is 6.27. The van der Waals surface area contributed by atoms with Crippen LogP contribution in [0.5, 0.6) is 0 Å². The Morgan fingerprint density at radius 3 is 2.62 bits per heavy atom. The van der Waals surface area contributed by atoms with Gasteiger partial charge in [-0.05, 0) is 37.4 Å². The van der Waals surface area contributed by atoms with Crippen molar-refractivity contribution in [3.63, 3.8) is 0 Å². The number of hydrogen-bond acceptors (Lipinski definition) is 4. The lowest BCUT2D eigenvalue weighted by Crippen LogP contribution is -2.15. The number of halogens is 1. The second kappa shape index (κ2) is 6.32. The van der Waals surface area contributed by atoms with Gasteiger partial charge in [0.25, 0.3) is 0 Å². The lowest BCUT2D eigenvalue weighted by atomic mass is 9.85. The molecule has 0 bridgehead atoms. The summed E-state index contributed by atoms with van der Waals surface area (Å²) in [5.74, 6) is 2.09. The molecule has 0 saturated heterocycles. The molecular formula is C18H18ClN5. The maximum Gasteiger partial charge on any atom is 0.221 e. The third-order valence-corrected chi connectivity index (χ3v) is 4.64. The number of nitrogens with zero attached hydrogens (tertiary/aromatic N) is 5. The van der Waals surface area contributed by atoms with Crippen molar-refractivity contribution in [2.45, 2.75) is 38.6 Å². The van der Waals surface area contributed by atoms with E-state index in [1.807, 2.05) is 43.3 Å². The Balaban J connectivity index is 1.61. The molecule has 3 aromatic rings. The van der Waals surface area contributed by atoms with Crippen molar-refractivity contribution in [2.24, 2.45) is 0 Å². The average molecular weight is 340 g/mol. The highest BCUT2D eigenvalue weighted by atomic mass is 35.5. The summed E-state index contributed by atoms with van der Waals surface area (Å²) < 4.78 is 1.69. The van der Waals surface area contributed by atoms with E-state index in [4.69, 9.17) is 16.6 Å². The molecule has 4 rings (SSSR count). The molecule has 2 aromatic heterocycles. The number of aryl methyl sites for hydroxylation is 1. The molecule has 1 aromatic carbocycles. The minimum atomic E-state index is 0.371. The SMILES string of the molecule is Cc1cc(Cn2nc(-c3ccccc3)nc2Cl)nc(C2CCC2)n1. The number of aromatic nitrogens is 5. The molecule has 2 heterocycles. The van der Waals surface area contributed by atoms with E-state index < -0.39 is 0 Å². The summed E-state index contributed by atoms with van der Waals surface area (Å²) in [6.45, 7) is 2.51. The van der Waals surface area contributed by atoms with E-state index in [0.717, 1.165) is 22.8 Å². The first kappa shape index (κ1) is 15.3. The van der Waals surface area contributed by atoms with Crippen molar-refractivity contribution in [3.05, 3.63) is 58.9 Å². The van der Waals surface area contributed by atoms with E-state index in [-0.39, 0.29) is 0 Å². The van der Waals surface area contributed by atoms with Gasteiger partial charge in [-0.15, -0.1) is 5.10 Å². The molecule has 0 N–H and O–H groups in total. The van der Waals surface area contributed by atoms with Gasteiger partial charge in [-0.3, -0.25) is 0 Å². The van der Waals surface area contributed by atoms with E-state index in [9.17, 15) is 0 Å². The van der Waals surface area contributed by atoms with Gasteiger partial charge in [0.05, 0.1) is 12.2 Å². The van der Waals surface area contributed by atoms with Crippen molar-refractivity contribution < 1.29 is 0 Å². The lowest BCUT2D eigenvalue weighted by Gasteiger charge is -2.24. The monoisotopic (exact) mass is 339 g/mol. The molecule has 1 aliphatic rings. The van der Waals surface area contributed by atoms with Crippen LogP contribution in [0.3, 0.4) is 0 Å². The van der Waals surface area contributed by atoms with Crippen LogP contribution in [-0.4, -0.2) is 24.7 Å². The Morgan fingerprint density at radius 1 is 1.12 bits per heavy atom. The summed E-state index contributed by atoms with van der Waals surface area (Å²) in [5.41, 5.74) is 2.87. The van der Waals surface area contributed by atoms with Crippen LogP contribution in [0.1, 0.15) is 42.4 Å². The Kier molecular flexibility index (Phi) is 4.02. The Hall–Kier alpha value is -2.27. The summed E-state index contributed by atoms with van der Waals surface area (Å²) in [4.78, 5) is 13.7. The van der Waals surface area contributed by atoms with Gasteiger partial charge < -0.3 is 0 Å². The third kappa shape index (κ3) is 3.04. The van der Waals surface area contributed by atoms with Crippen LogP contribution in [0.25, 0.3) is 11.4 Å². The van der Waals surface area contributed by atoms with Crippen LogP contribution in [0.2, 0.25) is 5.28 Å². The van der Waals surface area contributed by atoms with Gasteiger partial charge in [0.1, 0.15) is 5.82 Å². The maximum absolute atomic E-state index is 6.27. The van der Waals surface area contributed by atoms with E-state index in [1.54, 1.807) is 4.68 Å². The Bertz CT molecular complexity index is 855. The quantitative estimate of drug-likeness (QED) is 0.720. The van der Waals surface area contributed by atoms with Gasteiger partial charge >= 0.3 is 0 Å². The highest BCUT2D eigenvalue weighted by Gasteiger charge is 2.23. The molecular weight excluding hydrogens is 322 g/mol. The molecule has 122 valence electrons. The van der Waals surface area contributed by atoms with Crippen molar-refractivity contribution in [2.75, 3.05) is 0 Å². The molecule has 1 aliphatic carbocycles. The number of hydrogen-bond donors (Lipinski definition) is 0.